The highest BCUT2D eigenvalue weighted by atomic mass is 16.5. The summed E-state index contributed by atoms with van der Waals surface area (Å²) < 4.78 is 10.2. The summed E-state index contributed by atoms with van der Waals surface area (Å²) in [6, 6.07) is 0. The topological polar surface area (TPSA) is 47.3 Å². The summed E-state index contributed by atoms with van der Waals surface area (Å²) in [7, 11) is 3.60. The lowest BCUT2D eigenvalue weighted by molar-refractivity contribution is 0.193. The number of ether oxygens (including phenoxy) is 1. The number of aromatic nitrogens is 1. The molecule has 4 nitrogen and oxygen atoms in total. The summed E-state index contributed by atoms with van der Waals surface area (Å²) >= 11 is 0. The average molecular weight is 184 g/mol. The van der Waals surface area contributed by atoms with E-state index < -0.39 is 0 Å². The number of methoxy groups -OCH3 is 1. The molecular weight excluding hydrogens is 168 g/mol. The van der Waals surface area contributed by atoms with Crippen LogP contribution in [0.15, 0.2) is 10.8 Å². The van der Waals surface area contributed by atoms with E-state index in [0.717, 1.165) is 37.4 Å². The van der Waals surface area contributed by atoms with Crippen LogP contribution in [0.4, 0.5) is 0 Å². The van der Waals surface area contributed by atoms with Crippen molar-refractivity contribution >= 4 is 0 Å². The van der Waals surface area contributed by atoms with Gasteiger partial charge >= 0.3 is 0 Å². The highest BCUT2D eigenvalue weighted by Crippen LogP contribution is 2.08. The van der Waals surface area contributed by atoms with Crippen LogP contribution in [0.1, 0.15) is 17.9 Å². The van der Waals surface area contributed by atoms with E-state index in [-0.39, 0.29) is 0 Å². The SMILES string of the molecule is CNCc1ncoc1CCCOC. The van der Waals surface area contributed by atoms with Crippen LogP contribution in [0.3, 0.4) is 0 Å². The average Bonchev–Trinajstić information content (AvgIpc) is 2.54. The zero-order chi connectivity index (χ0) is 9.52. The van der Waals surface area contributed by atoms with E-state index in [1.54, 1.807) is 7.11 Å². The molecule has 0 fully saturated rings. The molecular formula is C9H16N2O2. The van der Waals surface area contributed by atoms with Gasteiger partial charge in [0.25, 0.3) is 0 Å². The molecule has 74 valence electrons. The van der Waals surface area contributed by atoms with Crippen LogP contribution in [-0.4, -0.2) is 25.7 Å². The number of nitrogens with one attached hydrogen (secondary N) is 1. The van der Waals surface area contributed by atoms with Gasteiger partial charge in [-0.1, -0.05) is 0 Å². The molecule has 0 aliphatic heterocycles. The van der Waals surface area contributed by atoms with E-state index in [1.807, 2.05) is 7.05 Å². The first-order chi connectivity index (χ1) is 6.38. The number of nitrogens with zero attached hydrogens (tertiary/aromatic N) is 1. The lowest BCUT2D eigenvalue weighted by Gasteiger charge is -1.99. The molecule has 4 heteroatoms. The van der Waals surface area contributed by atoms with Crippen LogP contribution < -0.4 is 5.32 Å². The molecule has 0 bridgehead atoms. The van der Waals surface area contributed by atoms with Crippen LogP contribution in [0.25, 0.3) is 0 Å². The van der Waals surface area contributed by atoms with E-state index in [1.165, 1.54) is 6.39 Å². The largest absolute Gasteiger partial charge is 0.448 e. The zero-order valence-electron chi connectivity index (χ0n) is 8.17. The molecule has 0 spiro atoms. The van der Waals surface area contributed by atoms with E-state index in [4.69, 9.17) is 9.15 Å². The highest BCUT2D eigenvalue weighted by Gasteiger charge is 2.05. The van der Waals surface area contributed by atoms with Crippen molar-refractivity contribution in [3.05, 3.63) is 17.8 Å². The predicted octanol–water partition coefficient (Wildman–Crippen LogP) is 0.973. The maximum Gasteiger partial charge on any atom is 0.181 e. The van der Waals surface area contributed by atoms with Crippen molar-refractivity contribution in [1.29, 1.82) is 0 Å². The summed E-state index contributed by atoms with van der Waals surface area (Å²) in [5.74, 6) is 0.964. The van der Waals surface area contributed by atoms with Gasteiger partial charge in [-0.25, -0.2) is 4.98 Å². The van der Waals surface area contributed by atoms with E-state index >= 15 is 0 Å². The van der Waals surface area contributed by atoms with Gasteiger partial charge in [-0.2, -0.15) is 0 Å². The minimum absolute atomic E-state index is 0.763. The first-order valence-corrected chi connectivity index (χ1v) is 4.43. The molecule has 0 aliphatic carbocycles. The van der Waals surface area contributed by atoms with Crippen LogP contribution in [0.5, 0.6) is 0 Å². The Labute approximate surface area is 78.3 Å². The number of oxazole rings is 1. The van der Waals surface area contributed by atoms with Crippen molar-refractivity contribution in [3.63, 3.8) is 0 Å². The number of hydrogen-bond acceptors (Lipinski definition) is 4. The van der Waals surface area contributed by atoms with Gasteiger partial charge in [0.15, 0.2) is 6.39 Å². The van der Waals surface area contributed by atoms with Gasteiger partial charge < -0.3 is 14.5 Å². The molecule has 0 saturated heterocycles. The van der Waals surface area contributed by atoms with Crippen molar-refractivity contribution in [2.24, 2.45) is 0 Å². The van der Waals surface area contributed by atoms with E-state index in [9.17, 15) is 0 Å². The summed E-state index contributed by atoms with van der Waals surface area (Å²) in [6.07, 6.45) is 3.36. The Morgan fingerprint density at radius 3 is 3.15 bits per heavy atom. The standard InChI is InChI=1S/C9H16N2O2/c1-10-6-8-9(13-7-11-8)4-3-5-12-2/h7,10H,3-6H2,1-2H3. The fraction of sp³-hybridized carbons (Fsp3) is 0.667. The molecule has 0 atom stereocenters. The minimum atomic E-state index is 0.763. The second-order valence-corrected chi connectivity index (χ2v) is 2.85. The molecule has 0 aromatic carbocycles. The third kappa shape index (κ3) is 3.16. The maximum absolute atomic E-state index is 5.26. The van der Waals surface area contributed by atoms with E-state index in [0.29, 0.717) is 0 Å². The molecule has 1 aromatic rings. The molecule has 0 aliphatic rings. The Bertz CT molecular complexity index is 235. The van der Waals surface area contributed by atoms with Crippen molar-refractivity contribution in [2.45, 2.75) is 19.4 Å². The molecule has 1 aromatic heterocycles. The van der Waals surface area contributed by atoms with Gasteiger partial charge in [0, 0.05) is 26.7 Å². The van der Waals surface area contributed by atoms with Gasteiger partial charge in [0.05, 0.1) is 5.69 Å². The molecule has 0 amide bonds. The van der Waals surface area contributed by atoms with Gasteiger partial charge in [-0.3, -0.25) is 0 Å². The number of rotatable bonds is 6. The smallest absolute Gasteiger partial charge is 0.181 e. The van der Waals surface area contributed by atoms with Gasteiger partial charge in [0.2, 0.25) is 0 Å². The second-order valence-electron chi connectivity index (χ2n) is 2.85. The Kier molecular flexibility index (Phi) is 4.49. The highest BCUT2D eigenvalue weighted by molar-refractivity contribution is 5.06. The zero-order valence-corrected chi connectivity index (χ0v) is 8.17. The normalized spacial score (nSPS) is 10.6. The number of hydrogen-bond donors (Lipinski definition) is 1. The van der Waals surface area contributed by atoms with Crippen molar-refractivity contribution in [3.8, 4) is 0 Å². The van der Waals surface area contributed by atoms with Crippen LogP contribution >= 0.6 is 0 Å². The maximum atomic E-state index is 5.26. The molecule has 1 N–H and O–H groups in total. The Balaban J connectivity index is 2.40. The lowest BCUT2D eigenvalue weighted by atomic mass is 10.2. The monoisotopic (exact) mass is 184 g/mol. The summed E-state index contributed by atoms with van der Waals surface area (Å²) in [5, 5.41) is 3.05. The third-order valence-corrected chi connectivity index (χ3v) is 1.82. The molecule has 13 heavy (non-hydrogen) atoms. The molecule has 1 rings (SSSR count). The molecule has 0 saturated carbocycles. The predicted molar refractivity (Wildman–Crippen MR) is 49.5 cm³/mol. The van der Waals surface area contributed by atoms with E-state index in [2.05, 4.69) is 10.3 Å². The Morgan fingerprint density at radius 2 is 2.46 bits per heavy atom. The quantitative estimate of drug-likeness (QED) is 0.669. The van der Waals surface area contributed by atoms with Crippen molar-refractivity contribution in [2.75, 3.05) is 20.8 Å². The Morgan fingerprint density at radius 1 is 1.62 bits per heavy atom. The first-order valence-electron chi connectivity index (χ1n) is 4.43. The minimum Gasteiger partial charge on any atom is -0.448 e. The Hall–Kier alpha value is -0.870. The van der Waals surface area contributed by atoms with Crippen molar-refractivity contribution in [1.82, 2.24) is 10.3 Å². The van der Waals surface area contributed by atoms with Crippen LogP contribution in [-0.2, 0) is 17.7 Å². The van der Waals surface area contributed by atoms with Crippen LogP contribution in [0, 0.1) is 0 Å². The summed E-state index contributed by atoms with van der Waals surface area (Å²) in [5.41, 5.74) is 0.999. The second kappa shape index (κ2) is 5.72. The molecule has 0 unspecified atom stereocenters. The molecule has 0 radical (unpaired) electrons. The first kappa shape index (κ1) is 10.2. The summed E-state index contributed by atoms with van der Waals surface area (Å²) in [6.45, 7) is 1.53. The third-order valence-electron chi connectivity index (χ3n) is 1.82. The van der Waals surface area contributed by atoms with Gasteiger partial charge in [-0.05, 0) is 13.5 Å². The lowest BCUT2D eigenvalue weighted by Crippen LogP contribution is -2.07. The van der Waals surface area contributed by atoms with Crippen LogP contribution in [0.2, 0.25) is 0 Å². The number of aryl methyl sites for hydroxylation is 1. The molecule has 1 heterocycles. The van der Waals surface area contributed by atoms with Gasteiger partial charge in [-0.15, -0.1) is 0 Å². The summed E-state index contributed by atoms with van der Waals surface area (Å²) in [4.78, 5) is 4.11. The van der Waals surface area contributed by atoms with Gasteiger partial charge in [0.1, 0.15) is 5.76 Å². The fourth-order valence-electron chi connectivity index (χ4n) is 1.19. The van der Waals surface area contributed by atoms with Crippen molar-refractivity contribution < 1.29 is 9.15 Å². The fourth-order valence-corrected chi connectivity index (χ4v) is 1.19.